The quantitative estimate of drug-likeness (QED) is 0.507. The number of hydrogen-bond donors (Lipinski definition) is 2. The van der Waals surface area contributed by atoms with Gasteiger partial charge in [0.25, 0.3) is 0 Å². The van der Waals surface area contributed by atoms with Crippen LogP contribution in [0.3, 0.4) is 0 Å². The number of nitrogens with one attached hydrogen (secondary N) is 2. The molecule has 2 aromatic rings. The van der Waals surface area contributed by atoms with Crippen LogP contribution in [-0.2, 0) is 9.59 Å². The van der Waals surface area contributed by atoms with Gasteiger partial charge in [0, 0.05) is 0 Å². The van der Waals surface area contributed by atoms with Gasteiger partial charge in [0.15, 0.2) is 0 Å². The molecule has 2 N–H and O–H groups in total. The maximum absolute atomic E-state index is 12.7. The van der Waals surface area contributed by atoms with Gasteiger partial charge >= 0.3 is 11.8 Å². The molecule has 0 unspecified atom stereocenters. The van der Waals surface area contributed by atoms with E-state index in [1.165, 1.54) is 61.0 Å². The summed E-state index contributed by atoms with van der Waals surface area (Å²) in [7, 11) is 0. The van der Waals surface area contributed by atoms with Crippen molar-refractivity contribution in [2.75, 3.05) is 0 Å². The molecule has 0 saturated carbocycles. The van der Waals surface area contributed by atoms with Gasteiger partial charge in [0.1, 0.15) is 11.6 Å². The minimum Gasteiger partial charge on any atom is -0.262 e. The molecule has 0 aliphatic carbocycles. The Morgan fingerprint density at radius 1 is 0.708 bits per heavy atom. The average Bonchev–Trinajstić information content (AvgIpc) is 2.58. The molecule has 0 bridgehead atoms. The molecule has 122 valence electrons. The molecule has 0 aromatic heterocycles. The third-order valence-corrected chi connectivity index (χ3v) is 2.71. The highest BCUT2D eigenvalue weighted by atomic mass is 19.1. The molecule has 2 rings (SSSR count). The number of carbonyl (C=O) groups excluding carboxylic acids is 2. The van der Waals surface area contributed by atoms with Crippen molar-refractivity contribution in [3.63, 3.8) is 0 Å². The Balaban J connectivity index is 1.80. The van der Waals surface area contributed by atoms with Gasteiger partial charge in [-0.2, -0.15) is 10.2 Å². The molecule has 24 heavy (non-hydrogen) atoms. The van der Waals surface area contributed by atoms with Gasteiger partial charge < -0.3 is 0 Å². The van der Waals surface area contributed by atoms with Crippen molar-refractivity contribution in [1.82, 2.24) is 10.9 Å². The second-order valence-corrected chi connectivity index (χ2v) is 4.50. The Labute approximate surface area is 135 Å². The molecule has 0 atom stereocenters. The highest BCUT2D eigenvalue weighted by Crippen LogP contribution is 2.00. The van der Waals surface area contributed by atoms with Gasteiger partial charge in [-0.25, -0.2) is 19.6 Å². The molecule has 0 heterocycles. The van der Waals surface area contributed by atoms with Crippen molar-refractivity contribution in [3.05, 3.63) is 71.3 Å². The SMILES string of the molecule is O=C(N/N=C\c1ccc(F)cc1)C(=O)N/N=C\c1ccc(F)cc1. The van der Waals surface area contributed by atoms with Crippen LogP contribution in [0.1, 0.15) is 11.1 Å². The second-order valence-electron chi connectivity index (χ2n) is 4.50. The summed E-state index contributed by atoms with van der Waals surface area (Å²) in [6.45, 7) is 0. The van der Waals surface area contributed by atoms with Crippen LogP contribution in [0, 0.1) is 11.6 Å². The van der Waals surface area contributed by atoms with E-state index in [1.54, 1.807) is 0 Å². The molecule has 2 amide bonds. The van der Waals surface area contributed by atoms with Gasteiger partial charge in [-0.3, -0.25) is 9.59 Å². The fourth-order valence-electron chi connectivity index (χ4n) is 1.53. The van der Waals surface area contributed by atoms with Crippen LogP contribution in [-0.4, -0.2) is 24.2 Å². The number of nitrogens with zero attached hydrogens (tertiary/aromatic N) is 2. The Morgan fingerprint density at radius 3 is 1.38 bits per heavy atom. The van der Waals surface area contributed by atoms with Crippen molar-refractivity contribution >= 4 is 24.2 Å². The van der Waals surface area contributed by atoms with Crippen LogP contribution < -0.4 is 10.9 Å². The number of hydrazone groups is 2. The molecule has 0 radical (unpaired) electrons. The average molecular weight is 330 g/mol. The number of amides is 2. The van der Waals surface area contributed by atoms with Crippen LogP contribution >= 0.6 is 0 Å². The summed E-state index contributed by atoms with van der Waals surface area (Å²) in [6, 6.07) is 10.8. The molecule has 6 nitrogen and oxygen atoms in total. The number of benzene rings is 2. The first-order valence-electron chi connectivity index (χ1n) is 6.72. The lowest BCUT2D eigenvalue weighted by atomic mass is 10.2. The minimum atomic E-state index is -1.02. The van der Waals surface area contributed by atoms with Gasteiger partial charge in [-0.05, 0) is 35.4 Å². The third kappa shape index (κ3) is 5.41. The fourth-order valence-corrected chi connectivity index (χ4v) is 1.53. The van der Waals surface area contributed by atoms with Crippen molar-refractivity contribution in [2.45, 2.75) is 0 Å². The lowest BCUT2D eigenvalue weighted by Crippen LogP contribution is -2.35. The number of rotatable bonds is 4. The van der Waals surface area contributed by atoms with Crippen molar-refractivity contribution in [1.29, 1.82) is 0 Å². The maximum atomic E-state index is 12.7. The maximum Gasteiger partial charge on any atom is 0.331 e. The lowest BCUT2D eigenvalue weighted by Gasteiger charge is -1.98. The van der Waals surface area contributed by atoms with E-state index in [9.17, 15) is 18.4 Å². The number of halogens is 2. The van der Waals surface area contributed by atoms with E-state index in [1.807, 2.05) is 10.9 Å². The Morgan fingerprint density at radius 2 is 1.04 bits per heavy atom. The summed E-state index contributed by atoms with van der Waals surface area (Å²) in [6.07, 6.45) is 2.51. The summed E-state index contributed by atoms with van der Waals surface area (Å²) in [5, 5.41) is 7.13. The highest BCUT2D eigenvalue weighted by molar-refractivity contribution is 6.35. The smallest absolute Gasteiger partial charge is 0.262 e. The van der Waals surface area contributed by atoms with Gasteiger partial charge in [0.05, 0.1) is 12.4 Å². The van der Waals surface area contributed by atoms with E-state index in [4.69, 9.17) is 0 Å². The standard InChI is InChI=1S/C16H12F2N4O2/c17-13-5-1-11(2-6-13)9-19-21-15(23)16(24)22-20-10-12-3-7-14(18)8-4-12/h1-10H,(H,21,23)(H,22,24)/b19-9-,20-10-. The molecule has 8 heteroatoms. The molecule has 0 spiro atoms. The lowest BCUT2D eigenvalue weighted by molar-refractivity contribution is -0.139. The van der Waals surface area contributed by atoms with Crippen LogP contribution in [0.2, 0.25) is 0 Å². The van der Waals surface area contributed by atoms with Gasteiger partial charge in [-0.1, -0.05) is 24.3 Å². The molecule has 0 aliphatic heterocycles. The zero-order valence-electron chi connectivity index (χ0n) is 12.2. The predicted molar refractivity (Wildman–Crippen MR) is 84.3 cm³/mol. The zero-order valence-corrected chi connectivity index (χ0v) is 12.2. The van der Waals surface area contributed by atoms with Gasteiger partial charge in [-0.15, -0.1) is 0 Å². The Bertz CT molecular complexity index is 704. The van der Waals surface area contributed by atoms with Crippen LogP contribution in [0.4, 0.5) is 8.78 Å². The van der Waals surface area contributed by atoms with Crippen LogP contribution in [0.15, 0.2) is 58.7 Å². The molecule has 0 fully saturated rings. The fraction of sp³-hybridized carbons (Fsp3) is 0. The Hall–Kier alpha value is -3.42. The zero-order chi connectivity index (χ0) is 17.4. The molecule has 2 aromatic carbocycles. The minimum absolute atomic E-state index is 0.394. The monoisotopic (exact) mass is 330 g/mol. The third-order valence-electron chi connectivity index (χ3n) is 2.71. The molecule has 0 saturated heterocycles. The first-order chi connectivity index (χ1) is 11.5. The predicted octanol–water partition coefficient (Wildman–Crippen LogP) is 1.57. The van der Waals surface area contributed by atoms with Crippen LogP contribution in [0.5, 0.6) is 0 Å². The molecule has 0 aliphatic rings. The summed E-state index contributed by atoms with van der Waals surface area (Å²) < 4.78 is 25.4. The first kappa shape index (κ1) is 16.9. The van der Waals surface area contributed by atoms with E-state index < -0.39 is 23.4 Å². The van der Waals surface area contributed by atoms with E-state index >= 15 is 0 Å². The number of hydrogen-bond acceptors (Lipinski definition) is 4. The summed E-state index contributed by atoms with van der Waals surface area (Å²) in [4.78, 5) is 22.9. The van der Waals surface area contributed by atoms with Crippen LogP contribution in [0.25, 0.3) is 0 Å². The van der Waals surface area contributed by atoms with E-state index in [-0.39, 0.29) is 0 Å². The van der Waals surface area contributed by atoms with Crippen molar-refractivity contribution in [2.24, 2.45) is 10.2 Å². The summed E-state index contributed by atoms with van der Waals surface area (Å²) >= 11 is 0. The molecular weight excluding hydrogens is 318 g/mol. The first-order valence-corrected chi connectivity index (χ1v) is 6.72. The topological polar surface area (TPSA) is 82.9 Å². The number of carbonyl (C=O) groups is 2. The van der Waals surface area contributed by atoms with E-state index in [2.05, 4.69) is 10.2 Å². The van der Waals surface area contributed by atoms with Crippen molar-refractivity contribution in [3.8, 4) is 0 Å². The largest absolute Gasteiger partial charge is 0.331 e. The normalized spacial score (nSPS) is 10.9. The van der Waals surface area contributed by atoms with Gasteiger partial charge in [0.2, 0.25) is 0 Å². The highest BCUT2D eigenvalue weighted by Gasteiger charge is 2.10. The van der Waals surface area contributed by atoms with E-state index in [0.717, 1.165) is 0 Å². The summed E-state index contributed by atoms with van der Waals surface area (Å²) in [5.41, 5.74) is 5.10. The van der Waals surface area contributed by atoms with Crippen molar-refractivity contribution < 1.29 is 18.4 Å². The second kappa shape index (κ2) is 8.28. The van der Waals surface area contributed by atoms with E-state index in [0.29, 0.717) is 11.1 Å². The summed E-state index contributed by atoms with van der Waals surface area (Å²) in [5.74, 6) is -2.83. The Kier molecular flexibility index (Phi) is 5.84. The molecular formula is C16H12F2N4O2.